The van der Waals surface area contributed by atoms with Crippen molar-refractivity contribution in [2.45, 2.75) is 31.8 Å². The van der Waals surface area contributed by atoms with Gasteiger partial charge in [0.05, 0.1) is 5.56 Å². The summed E-state index contributed by atoms with van der Waals surface area (Å²) in [7, 11) is 0. The van der Waals surface area contributed by atoms with E-state index in [1.165, 1.54) is 24.0 Å². The second kappa shape index (κ2) is 6.14. The lowest BCUT2D eigenvalue weighted by Crippen LogP contribution is -2.12. The van der Waals surface area contributed by atoms with Crippen LogP contribution < -0.4 is 0 Å². The summed E-state index contributed by atoms with van der Waals surface area (Å²) in [6.07, 6.45) is 4.30. The fourth-order valence-electron chi connectivity index (χ4n) is 4.27. The number of esters is 1. The van der Waals surface area contributed by atoms with E-state index in [2.05, 4.69) is 30.3 Å². The highest BCUT2D eigenvalue weighted by atomic mass is 16.5. The highest BCUT2D eigenvalue weighted by Gasteiger charge is 2.31. The molecule has 2 nitrogen and oxygen atoms in total. The molecule has 0 aliphatic heterocycles. The van der Waals surface area contributed by atoms with Crippen molar-refractivity contribution >= 4 is 5.97 Å². The molecular weight excluding hydrogens is 320 g/mol. The third kappa shape index (κ3) is 2.45. The van der Waals surface area contributed by atoms with Gasteiger partial charge in [0.2, 0.25) is 0 Å². The number of carbonyl (C=O) groups is 1. The number of benzene rings is 3. The van der Waals surface area contributed by atoms with Crippen LogP contribution in [-0.2, 0) is 17.6 Å². The number of ether oxygens (including phenoxy) is 1. The number of carbonyl (C=O) groups excluding carboxylic acids is 1. The van der Waals surface area contributed by atoms with Crippen LogP contribution in [0.25, 0.3) is 11.1 Å². The minimum absolute atomic E-state index is 0.241. The van der Waals surface area contributed by atoms with Crippen molar-refractivity contribution in [3.8, 4) is 11.1 Å². The molecule has 0 amide bonds. The van der Waals surface area contributed by atoms with Crippen LogP contribution in [0.15, 0.2) is 66.7 Å². The summed E-state index contributed by atoms with van der Waals surface area (Å²) in [6, 6.07) is 22.4. The summed E-state index contributed by atoms with van der Waals surface area (Å²) in [5.74, 6) is -0.241. The zero-order valence-electron chi connectivity index (χ0n) is 14.6. The van der Waals surface area contributed by atoms with Crippen molar-refractivity contribution in [1.29, 1.82) is 0 Å². The molecule has 3 aromatic carbocycles. The van der Waals surface area contributed by atoms with Gasteiger partial charge in [-0.1, -0.05) is 54.6 Å². The van der Waals surface area contributed by atoms with Gasteiger partial charge in [0.25, 0.3) is 0 Å². The van der Waals surface area contributed by atoms with Crippen molar-refractivity contribution < 1.29 is 9.53 Å². The van der Waals surface area contributed by atoms with Crippen LogP contribution in [0.4, 0.5) is 0 Å². The number of rotatable bonds is 2. The molecule has 0 fully saturated rings. The van der Waals surface area contributed by atoms with E-state index in [1.54, 1.807) is 0 Å². The molecule has 0 N–H and O–H groups in total. The van der Waals surface area contributed by atoms with Gasteiger partial charge >= 0.3 is 5.97 Å². The van der Waals surface area contributed by atoms with E-state index < -0.39 is 0 Å². The molecule has 128 valence electrons. The molecule has 2 aliphatic carbocycles. The quantitative estimate of drug-likeness (QED) is 0.576. The second-order valence-corrected chi connectivity index (χ2v) is 7.15. The van der Waals surface area contributed by atoms with Gasteiger partial charge in [-0.15, -0.1) is 0 Å². The number of hydrogen-bond acceptors (Lipinski definition) is 2. The number of fused-ring (bicyclic) bond motifs is 4. The van der Waals surface area contributed by atoms with Crippen molar-refractivity contribution in [1.82, 2.24) is 0 Å². The first-order chi connectivity index (χ1) is 12.8. The van der Waals surface area contributed by atoms with Crippen LogP contribution in [-0.4, -0.2) is 5.97 Å². The molecule has 2 heteroatoms. The van der Waals surface area contributed by atoms with Gasteiger partial charge < -0.3 is 4.74 Å². The molecule has 0 radical (unpaired) electrons. The molecular formula is C24H20O2. The fourth-order valence-corrected chi connectivity index (χ4v) is 4.27. The molecule has 5 rings (SSSR count). The van der Waals surface area contributed by atoms with Gasteiger partial charge in [0, 0.05) is 11.1 Å². The summed E-state index contributed by atoms with van der Waals surface area (Å²) in [6.45, 7) is 0. The molecule has 0 unspecified atom stereocenters. The zero-order valence-corrected chi connectivity index (χ0v) is 14.6. The summed E-state index contributed by atoms with van der Waals surface area (Å²) in [4.78, 5) is 12.9. The monoisotopic (exact) mass is 340 g/mol. The molecule has 0 saturated carbocycles. The molecule has 26 heavy (non-hydrogen) atoms. The van der Waals surface area contributed by atoms with E-state index in [9.17, 15) is 4.79 Å². The second-order valence-electron chi connectivity index (χ2n) is 7.15. The van der Waals surface area contributed by atoms with E-state index >= 15 is 0 Å². The maximum Gasteiger partial charge on any atom is 0.339 e. The van der Waals surface area contributed by atoms with Gasteiger partial charge in [-0.05, 0) is 60.1 Å². The van der Waals surface area contributed by atoms with Gasteiger partial charge in [-0.2, -0.15) is 0 Å². The van der Waals surface area contributed by atoms with Crippen molar-refractivity contribution in [3.63, 3.8) is 0 Å². The predicted molar refractivity (Wildman–Crippen MR) is 102 cm³/mol. The third-order valence-corrected chi connectivity index (χ3v) is 5.59. The maximum atomic E-state index is 12.9. The van der Waals surface area contributed by atoms with E-state index in [-0.39, 0.29) is 12.1 Å². The van der Waals surface area contributed by atoms with E-state index in [0.29, 0.717) is 5.56 Å². The lowest BCUT2D eigenvalue weighted by molar-refractivity contribution is 0.0385. The van der Waals surface area contributed by atoms with Crippen LogP contribution in [0.1, 0.15) is 51.6 Å². The topological polar surface area (TPSA) is 26.3 Å². The molecule has 2 aliphatic rings. The van der Waals surface area contributed by atoms with Crippen LogP contribution >= 0.6 is 0 Å². The van der Waals surface area contributed by atoms with Crippen molar-refractivity contribution in [3.05, 3.63) is 94.5 Å². The Morgan fingerprint density at radius 3 is 2.08 bits per heavy atom. The Labute approximate surface area is 153 Å². The summed E-state index contributed by atoms with van der Waals surface area (Å²) in [5, 5.41) is 0. The smallest absolute Gasteiger partial charge is 0.339 e. The predicted octanol–water partition coefficient (Wildman–Crippen LogP) is 5.49. The van der Waals surface area contributed by atoms with Crippen molar-refractivity contribution in [2.24, 2.45) is 0 Å². The maximum absolute atomic E-state index is 12.9. The van der Waals surface area contributed by atoms with Gasteiger partial charge in [0.15, 0.2) is 6.10 Å². The highest BCUT2D eigenvalue weighted by Crippen LogP contribution is 2.45. The highest BCUT2D eigenvalue weighted by molar-refractivity contribution is 5.91. The Kier molecular flexibility index (Phi) is 3.63. The van der Waals surface area contributed by atoms with Crippen LogP contribution in [0, 0.1) is 0 Å². The first-order valence-electron chi connectivity index (χ1n) is 9.32. The van der Waals surface area contributed by atoms with Gasteiger partial charge in [-0.3, -0.25) is 0 Å². The molecule has 0 spiro atoms. The Balaban J connectivity index is 1.49. The van der Waals surface area contributed by atoms with Crippen LogP contribution in [0.3, 0.4) is 0 Å². The number of aryl methyl sites for hydroxylation is 2. The molecule has 0 saturated heterocycles. The zero-order chi connectivity index (χ0) is 17.5. The summed E-state index contributed by atoms with van der Waals surface area (Å²) >= 11 is 0. The fraction of sp³-hybridized carbons (Fsp3) is 0.208. The van der Waals surface area contributed by atoms with Crippen molar-refractivity contribution in [2.75, 3.05) is 0 Å². The first-order valence-corrected chi connectivity index (χ1v) is 9.32. The largest absolute Gasteiger partial charge is 0.449 e. The summed E-state index contributed by atoms with van der Waals surface area (Å²) in [5.41, 5.74) is 7.80. The Hall–Kier alpha value is -2.87. The molecule has 3 aromatic rings. The minimum Gasteiger partial charge on any atom is -0.449 e. The lowest BCUT2D eigenvalue weighted by atomic mass is 9.90. The normalized spacial score (nSPS) is 15.1. The lowest BCUT2D eigenvalue weighted by Gasteiger charge is -2.18. The van der Waals surface area contributed by atoms with E-state index in [4.69, 9.17) is 4.74 Å². The molecule has 0 bridgehead atoms. The average Bonchev–Trinajstić information content (AvgIpc) is 3.02. The van der Waals surface area contributed by atoms with Crippen LogP contribution in [0.2, 0.25) is 0 Å². The standard InChI is InChI=1S/C24H20O2/c25-24(18-14-13-16-7-1-2-8-17(16)15-18)26-23-21-11-5-3-9-19(21)20-10-4-6-12-22(20)23/h3-6,9-15,23H,1-2,7-8H2. The SMILES string of the molecule is O=C(OC1c2ccccc2-c2ccccc21)c1ccc2c(c1)CCCC2. The molecule has 0 atom stereocenters. The Morgan fingerprint density at radius 1 is 0.769 bits per heavy atom. The number of hydrogen-bond donors (Lipinski definition) is 0. The van der Waals surface area contributed by atoms with E-state index in [0.717, 1.165) is 35.1 Å². The van der Waals surface area contributed by atoms with Crippen LogP contribution in [0.5, 0.6) is 0 Å². The van der Waals surface area contributed by atoms with E-state index in [1.807, 2.05) is 36.4 Å². The Bertz CT molecular complexity index is 957. The molecule has 0 heterocycles. The average molecular weight is 340 g/mol. The first kappa shape index (κ1) is 15.4. The summed E-state index contributed by atoms with van der Waals surface area (Å²) < 4.78 is 6.00. The Morgan fingerprint density at radius 2 is 1.38 bits per heavy atom. The van der Waals surface area contributed by atoms with Gasteiger partial charge in [0.1, 0.15) is 0 Å². The van der Waals surface area contributed by atoms with Gasteiger partial charge in [-0.25, -0.2) is 4.79 Å². The minimum atomic E-state index is -0.328. The third-order valence-electron chi connectivity index (χ3n) is 5.59. The molecule has 0 aromatic heterocycles.